The third kappa shape index (κ3) is 4.85. The van der Waals surface area contributed by atoms with Gasteiger partial charge in [-0.15, -0.1) is 0 Å². The zero-order chi connectivity index (χ0) is 19.3. The third-order valence-electron chi connectivity index (χ3n) is 4.83. The lowest BCUT2D eigenvalue weighted by atomic mass is 9.95. The Hall–Kier alpha value is -2.42. The summed E-state index contributed by atoms with van der Waals surface area (Å²) in [6.45, 7) is 0. The summed E-state index contributed by atoms with van der Waals surface area (Å²) in [4.78, 5) is 11.5. The van der Waals surface area contributed by atoms with Gasteiger partial charge in [-0.2, -0.15) is 5.12 Å². The second-order valence-electron chi connectivity index (χ2n) is 6.73. The monoisotopic (exact) mass is 394 g/mol. The molecule has 1 aromatic rings. The van der Waals surface area contributed by atoms with Gasteiger partial charge in [-0.1, -0.05) is 19.3 Å². The second-order valence-corrected chi connectivity index (χ2v) is 8.84. The van der Waals surface area contributed by atoms with Crippen LogP contribution in [-0.4, -0.2) is 33.3 Å². The average Bonchev–Trinajstić information content (AvgIpc) is 3.22. The zero-order valence-corrected chi connectivity index (χ0v) is 16.2. The summed E-state index contributed by atoms with van der Waals surface area (Å²) in [7, 11) is -2.35. The Labute approximate surface area is 159 Å². The Bertz CT molecular complexity index is 796. The molecule has 0 saturated heterocycles. The Kier molecular flexibility index (Phi) is 6.10. The van der Waals surface area contributed by atoms with Gasteiger partial charge in [0.1, 0.15) is 5.69 Å². The number of methoxy groups -OCH3 is 1. The van der Waals surface area contributed by atoms with E-state index < -0.39 is 15.8 Å². The number of carbonyl (C=O) groups excluding carboxylic acids is 1. The van der Waals surface area contributed by atoms with Gasteiger partial charge >= 0.3 is 5.97 Å². The molecule has 1 aliphatic carbocycles. The van der Waals surface area contributed by atoms with Crippen molar-refractivity contribution < 1.29 is 17.9 Å². The minimum atomic E-state index is -3.60. The number of sulfone groups is 1. The van der Waals surface area contributed by atoms with E-state index in [1.807, 2.05) is 0 Å². The molecule has 27 heavy (non-hydrogen) atoms. The number of esters is 1. The Morgan fingerprint density at radius 2 is 1.93 bits per heavy atom. The maximum absolute atomic E-state index is 12.6. The van der Waals surface area contributed by atoms with Gasteiger partial charge in [0.2, 0.25) is 0 Å². The standard InChI is InChI=1S/C18H26N4O4S/c1-26-18(23)9-12-27(24,25)15-7-8-16(21-14-5-3-2-4-6-14)17(13-15)22-19-10-11-20-22/h7-8,10-11,13-14,19-21H,2-6,9,12H2,1H3. The fourth-order valence-corrected chi connectivity index (χ4v) is 4.55. The number of hydrazine groups is 2. The predicted octanol–water partition coefficient (Wildman–Crippen LogP) is 2.07. The number of benzene rings is 1. The van der Waals surface area contributed by atoms with Gasteiger partial charge in [0.05, 0.1) is 29.9 Å². The summed E-state index contributed by atoms with van der Waals surface area (Å²) in [6.07, 6.45) is 9.17. The number of rotatable bonds is 7. The largest absolute Gasteiger partial charge is 0.469 e. The van der Waals surface area contributed by atoms with Crippen molar-refractivity contribution in [2.24, 2.45) is 0 Å². The summed E-state index contributed by atoms with van der Waals surface area (Å²) in [5.41, 5.74) is 7.59. The van der Waals surface area contributed by atoms with E-state index in [0.29, 0.717) is 11.7 Å². The van der Waals surface area contributed by atoms with Crippen LogP contribution in [0.4, 0.5) is 11.4 Å². The smallest absolute Gasteiger partial charge is 0.306 e. The van der Waals surface area contributed by atoms with E-state index in [-0.39, 0.29) is 17.1 Å². The van der Waals surface area contributed by atoms with Crippen LogP contribution in [0.1, 0.15) is 38.5 Å². The number of hydrogen-bond donors (Lipinski definition) is 3. The van der Waals surface area contributed by atoms with E-state index in [0.717, 1.165) is 18.5 Å². The van der Waals surface area contributed by atoms with Gasteiger partial charge in [0, 0.05) is 18.4 Å². The van der Waals surface area contributed by atoms with Crippen molar-refractivity contribution in [3.05, 3.63) is 30.6 Å². The molecule has 9 heteroatoms. The first-order chi connectivity index (χ1) is 13.0. The lowest BCUT2D eigenvalue weighted by Crippen LogP contribution is -2.39. The Morgan fingerprint density at radius 1 is 1.22 bits per heavy atom. The van der Waals surface area contributed by atoms with Crippen molar-refractivity contribution in [1.29, 1.82) is 0 Å². The molecule has 1 aliphatic heterocycles. The summed E-state index contributed by atoms with van der Waals surface area (Å²) in [5, 5.41) is 5.20. The van der Waals surface area contributed by atoms with Gasteiger partial charge in [-0.3, -0.25) is 15.6 Å². The first-order valence-corrected chi connectivity index (χ1v) is 10.8. The molecular formula is C18H26N4O4S. The fraction of sp³-hybridized carbons (Fsp3) is 0.500. The first-order valence-electron chi connectivity index (χ1n) is 9.17. The highest BCUT2D eigenvalue weighted by molar-refractivity contribution is 7.91. The van der Waals surface area contributed by atoms with E-state index in [1.54, 1.807) is 35.7 Å². The van der Waals surface area contributed by atoms with Crippen LogP contribution in [0.15, 0.2) is 35.5 Å². The zero-order valence-electron chi connectivity index (χ0n) is 15.4. The summed E-state index contributed by atoms with van der Waals surface area (Å²) < 4.78 is 29.8. The maximum Gasteiger partial charge on any atom is 0.306 e. The molecule has 148 valence electrons. The van der Waals surface area contributed by atoms with Crippen LogP contribution in [-0.2, 0) is 19.4 Å². The molecular weight excluding hydrogens is 368 g/mol. The lowest BCUT2D eigenvalue weighted by molar-refractivity contribution is -0.140. The first kappa shape index (κ1) is 19.3. The number of hydrogen-bond acceptors (Lipinski definition) is 8. The van der Waals surface area contributed by atoms with Gasteiger partial charge in [0.25, 0.3) is 0 Å². The molecule has 0 aromatic heterocycles. The van der Waals surface area contributed by atoms with Crippen LogP contribution in [0, 0.1) is 0 Å². The maximum atomic E-state index is 12.6. The van der Waals surface area contributed by atoms with Crippen molar-refractivity contribution in [3.8, 4) is 0 Å². The molecule has 3 N–H and O–H groups in total. The number of nitrogens with zero attached hydrogens (tertiary/aromatic N) is 1. The van der Waals surface area contributed by atoms with Crippen molar-refractivity contribution in [1.82, 2.24) is 10.9 Å². The number of anilines is 2. The van der Waals surface area contributed by atoms with Crippen LogP contribution in [0.5, 0.6) is 0 Å². The van der Waals surface area contributed by atoms with E-state index >= 15 is 0 Å². The molecule has 0 radical (unpaired) electrons. The molecule has 0 bridgehead atoms. The molecule has 0 amide bonds. The molecule has 8 nitrogen and oxygen atoms in total. The highest BCUT2D eigenvalue weighted by Gasteiger charge is 2.22. The second kappa shape index (κ2) is 8.51. The minimum absolute atomic E-state index is 0.169. The van der Waals surface area contributed by atoms with Crippen molar-refractivity contribution in [2.45, 2.75) is 49.5 Å². The highest BCUT2D eigenvalue weighted by Crippen LogP contribution is 2.31. The average molecular weight is 394 g/mol. The predicted molar refractivity (Wildman–Crippen MR) is 104 cm³/mol. The number of nitrogens with one attached hydrogen (secondary N) is 3. The van der Waals surface area contributed by atoms with Crippen LogP contribution >= 0.6 is 0 Å². The lowest BCUT2D eigenvalue weighted by Gasteiger charge is -2.28. The van der Waals surface area contributed by atoms with Gasteiger partial charge in [0.15, 0.2) is 9.84 Å². The van der Waals surface area contributed by atoms with Crippen molar-refractivity contribution in [2.75, 3.05) is 23.3 Å². The van der Waals surface area contributed by atoms with E-state index in [9.17, 15) is 13.2 Å². The molecule has 1 aromatic carbocycles. The molecule has 0 unspecified atom stereocenters. The molecule has 0 spiro atoms. The van der Waals surface area contributed by atoms with Gasteiger partial charge in [-0.25, -0.2) is 8.42 Å². The van der Waals surface area contributed by atoms with E-state index in [2.05, 4.69) is 20.9 Å². The molecule has 1 saturated carbocycles. The van der Waals surface area contributed by atoms with Crippen LogP contribution in [0.25, 0.3) is 0 Å². The quantitative estimate of drug-likeness (QED) is 0.605. The van der Waals surface area contributed by atoms with Crippen molar-refractivity contribution >= 4 is 27.2 Å². The molecule has 0 atom stereocenters. The third-order valence-corrected chi connectivity index (χ3v) is 6.54. The number of ether oxygens (including phenoxy) is 1. The Balaban J connectivity index is 1.83. The van der Waals surface area contributed by atoms with Crippen molar-refractivity contribution in [3.63, 3.8) is 0 Å². The topological polar surface area (TPSA) is 99.8 Å². The molecule has 1 fully saturated rings. The van der Waals surface area contributed by atoms with E-state index in [1.165, 1.54) is 26.4 Å². The summed E-state index contributed by atoms with van der Waals surface area (Å²) in [6, 6.07) is 5.38. The van der Waals surface area contributed by atoms with Crippen LogP contribution in [0.2, 0.25) is 0 Å². The van der Waals surface area contributed by atoms with E-state index in [4.69, 9.17) is 0 Å². The highest BCUT2D eigenvalue weighted by atomic mass is 32.2. The van der Waals surface area contributed by atoms with Crippen LogP contribution in [0.3, 0.4) is 0 Å². The summed E-state index contributed by atoms with van der Waals surface area (Å²) >= 11 is 0. The van der Waals surface area contributed by atoms with Gasteiger partial charge in [-0.05, 0) is 31.0 Å². The molecule has 1 heterocycles. The SMILES string of the molecule is COC(=O)CCS(=O)(=O)c1ccc(NC2CCCCC2)c(N2NC=CN2)c1. The number of carbonyl (C=O) groups is 1. The fourth-order valence-electron chi connectivity index (χ4n) is 3.32. The Morgan fingerprint density at radius 3 is 2.59 bits per heavy atom. The van der Waals surface area contributed by atoms with Gasteiger partial charge < -0.3 is 10.1 Å². The minimum Gasteiger partial charge on any atom is -0.469 e. The molecule has 3 rings (SSSR count). The molecule has 2 aliphatic rings. The van der Waals surface area contributed by atoms with Crippen LogP contribution < -0.4 is 21.3 Å². The summed E-state index contributed by atoms with van der Waals surface area (Å²) in [5.74, 6) is -0.824. The normalized spacial score (nSPS) is 17.3.